The van der Waals surface area contributed by atoms with Crippen LogP contribution in [-0.2, 0) is 16.4 Å². The summed E-state index contributed by atoms with van der Waals surface area (Å²) in [7, 11) is -3.40. The predicted octanol–water partition coefficient (Wildman–Crippen LogP) is 3.60. The number of fused-ring (bicyclic) bond motifs is 1. The first kappa shape index (κ1) is 16.5. The molecular weight excluding hydrogens is 322 g/mol. The lowest BCUT2D eigenvalue weighted by molar-refractivity contribution is 0.600. The van der Waals surface area contributed by atoms with E-state index in [0.29, 0.717) is 18.2 Å². The van der Waals surface area contributed by atoms with Gasteiger partial charge in [-0.25, -0.2) is 13.4 Å². The highest BCUT2D eigenvalue weighted by Crippen LogP contribution is 2.22. The average Bonchev–Trinajstić information content (AvgIpc) is 2.97. The van der Waals surface area contributed by atoms with Gasteiger partial charge in [-0.15, -0.1) is 0 Å². The zero-order valence-corrected chi connectivity index (χ0v) is 14.6. The molecule has 0 saturated carbocycles. The summed E-state index contributed by atoms with van der Waals surface area (Å²) >= 11 is 0. The summed E-state index contributed by atoms with van der Waals surface area (Å²) in [4.78, 5) is 4.35. The predicted molar refractivity (Wildman–Crippen MR) is 97.7 cm³/mol. The van der Waals surface area contributed by atoms with Gasteiger partial charge in [-0.2, -0.15) is 0 Å². The number of anilines is 1. The van der Waals surface area contributed by atoms with Gasteiger partial charge in [0.15, 0.2) is 0 Å². The number of nitrogens with zero attached hydrogens (tertiary/aromatic N) is 2. The first-order valence-electron chi connectivity index (χ1n) is 7.95. The van der Waals surface area contributed by atoms with Gasteiger partial charge in [0.1, 0.15) is 0 Å². The Kier molecular flexibility index (Phi) is 4.57. The first-order chi connectivity index (χ1) is 11.4. The van der Waals surface area contributed by atoms with Gasteiger partial charge >= 0.3 is 0 Å². The van der Waals surface area contributed by atoms with E-state index in [4.69, 9.17) is 0 Å². The number of aryl methyl sites for hydroxylation is 1. The number of nitrogens with one attached hydrogen (secondary N) is 1. The van der Waals surface area contributed by atoms with Crippen molar-refractivity contribution in [1.29, 1.82) is 0 Å². The molecule has 0 atom stereocenters. The van der Waals surface area contributed by atoms with Crippen molar-refractivity contribution in [2.75, 3.05) is 10.5 Å². The summed E-state index contributed by atoms with van der Waals surface area (Å²) in [5.41, 5.74) is 3.34. The molecule has 0 saturated heterocycles. The van der Waals surface area contributed by atoms with E-state index in [1.165, 1.54) is 0 Å². The van der Waals surface area contributed by atoms with E-state index in [2.05, 4.69) is 28.1 Å². The Morgan fingerprint density at radius 1 is 1.12 bits per heavy atom. The molecule has 0 fully saturated rings. The lowest BCUT2D eigenvalue weighted by Gasteiger charge is -2.10. The van der Waals surface area contributed by atoms with Crippen LogP contribution in [-0.4, -0.2) is 23.7 Å². The molecule has 0 aliphatic carbocycles. The summed E-state index contributed by atoms with van der Waals surface area (Å²) in [5.74, 6) is 0.0511. The minimum atomic E-state index is -3.40. The van der Waals surface area contributed by atoms with Crippen LogP contribution in [0.15, 0.2) is 54.9 Å². The summed E-state index contributed by atoms with van der Waals surface area (Å²) in [6, 6.07) is 15.4. The number of imidazole rings is 1. The number of sulfonamides is 1. The minimum absolute atomic E-state index is 0.0511. The van der Waals surface area contributed by atoms with E-state index < -0.39 is 10.0 Å². The maximum Gasteiger partial charge on any atom is 0.233 e. The second-order valence-corrected chi connectivity index (χ2v) is 7.95. The van der Waals surface area contributed by atoms with Crippen LogP contribution in [0.2, 0.25) is 0 Å². The van der Waals surface area contributed by atoms with Crippen molar-refractivity contribution in [3.63, 3.8) is 0 Å². The van der Waals surface area contributed by atoms with E-state index in [-0.39, 0.29) is 5.75 Å². The monoisotopic (exact) mass is 343 g/mol. The molecule has 1 N–H and O–H groups in total. The van der Waals surface area contributed by atoms with Gasteiger partial charge in [-0.1, -0.05) is 30.3 Å². The lowest BCUT2D eigenvalue weighted by Crippen LogP contribution is -2.18. The number of hydrogen-bond acceptors (Lipinski definition) is 3. The number of hydrogen-bond donors (Lipinski definition) is 1. The van der Waals surface area contributed by atoms with Crippen LogP contribution in [0.3, 0.4) is 0 Å². The van der Waals surface area contributed by atoms with Crippen LogP contribution in [0.4, 0.5) is 5.69 Å². The van der Waals surface area contributed by atoms with E-state index in [9.17, 15) is 8.42 Å². The molecule has 126 valence electrons. The van der Waals surface area contributed by atoms with Crippen LogP contribution in [0, 0.1) is 0 Å². The number of benzene rings is 2. The quantitative estimate of drug-likeness (QED) is 0.744. The van der Waals surface area contributed by atoms with Gasteiger partial charge in [0.25, 0.3) is 0 Å². The SMILES string of the molecule is CC(C)n1cnc2cc(NS(=O)(=O)CCc3ccccc3)ccc21. The van der Waals surface area contributed by atoms with Gasteiger partial charge in [0.2, 0.25) is 10.0 Å². The third kappa shape index (κ3) is 3.76. The van der Waals surface area contributed by atoms with Crippen molar-refractivity contribution in [1.82, 2.24) is 9.55 Å². The maximum absolute atomic E-state index is 12.3. The highest BCUT2D eigenvalue weighted by molar-refractivity contribution is 7.92. The second-order valence-electron chi connectivity index (χ2n) is 6.11. The van der Waals surface area contributed by atoms with Crippen molar-refractivity contribution in [2.45, 2.75) is 26.3 Å². The van der Waals surface area contributed by atoms with Crippen molar-refractivity contribution in [2.24, 2.45) is 0 Å². The normalized spacial score (nSPS) is 12.0. The van der Waals surface area contributed by atoms with Gasteiger partial charge in [-0.05, 0) is 44.0 Å². The van der Waals surface area contributed by atoms with E-state index in [0.717, 1.165) is 16.6 Å². The molecule has 3 rings (SSSR count). The van der Waals surface area contributed by atoms with Crippen LogP contribution in [0.25, 0.3) is 11.0 Å². The van der Waals surface area contributed by atoms with Crippen LogP contribution in [0.5, 0.6) is 0 Å². The molecule has 1 aromatic heterocycles. The van der Waals surface area contributed by atoms with Crippen molar-refractivity contribution in [3.05, 3.63) is 60.4 Å². The summed E-state index contributed by atoms with van der Waals surface area (Å²) in [6.45, 7) is 4.17. The molecule has 2 aromatic carbocycles. The molecule has 0 spiro atoms. The van der Waals surface area contributed by atoms with Gasteiger partial charge in [-0.3, -0.25) is 4.72 Å². The number of rotatable bonds is 6. The third-order valence-electron chi connectivity index (χ3n) is 3.91. The summed E-state index contributed by atoms with van der Waals surface area (Å²) in [5, 5.41) is 0. The van der Waals surface area contributed by atoms with Crippen LogP contribution < -0.4 is 4.72 Å². The van der Waals surface area contributed by atoms with E-state index >= 15 is 0 Å². The molecule has 1 heterocycles. The molecule has 0 radical (unpaired) electrons. The lowest BCUT2D eigenvalue weighted by atomic mass is 10.2. The smallest absolute Gasteiger partial charge is 0.233 e. The Bertz CT molecular complexity index is 931. The average molecular weight is 343 g/mol. The van der Waals surface area contributed by atoms with Crippen LogP contribution in [0.1, 0.15) is 25.5 Å². The third-order valence-corrected chi connectivity index (χ3v) is 5.20. The molecule has 5 nitrogen and oxygen atoms in total. The van der Waals surface area contributed by atoms with Crippen molar-refractivity contribution < 1.29 is 8.42 Å². The zero-order chi connectivity index (χ0) is 17.2. The van der Waals surface area contributed by atoms with Gasteiger partial charge in [0, 0.05) is 6.04 Å². The molecule has 0 unspecified atom stereocenters. The Balaban J connectivity index is 1.73. The Hall–Kier alpha value is -2.34. The number of aromatic nitrogens is 2. The Morgan fingerprint density at radius 3 is 2.58 bits per heavy atom. The molecule has 0 aliphatic rings. The van der Waals surface area contributed by atoms with Crippen LogP contribution >= 0.6 is 0 Å². The Morgan fingerprint density at radius 2 is 1.88 bits per heavy atom. The van der Waals surface area contributed by atoms with Gasteiger partial charge in [0.05, 0.1) is 28.8 Å². The first-order valence-corrected chi connectivity index (χ1v) is 9.61. The van der Waals surface area contributed by atoms with Gasteiger partial charge < -0.3 is 4.57 Å². The minimum Gasteiger partial charge on any atom is -0.328 e. The molecule has 0 bridgehead atoms. The molecule has 0 aliphatic heterocycles. The maximum atomic E-state index is 12.3. The molecule has 24 heavy (non-hydrogen) atoms. The molecule has 6 heteroatoms. The fourth-order valence-electron chi connectivity index (χ4n) is 2.63. The fraction of sp³-hybridized carbons (Fsp3) is 0.278. The highest BCUT2D eigenvalue weighted by atomic mass is 32.2. The largest absolute Gasteiger partial charge is 0.328 e. The fourth-order valence-corrected chi connectivity index (χ4v) is 3.73. The zero-order valence-electron chi connectivity index (χ0n) is 13.8. The second kappa shape index (κ2) is 6.65. The molecule has 0 amide bonds. The van der Waals surface area contributed by atoms with Crippen molar-refractivity contribution >= 4 is 26.7 Å². The van der Waals surface area contributed by atoms with E-state index in [1.54, 1.807) is 18.5 Å². The molecular formula is C18H21N3O2S. The highest BCUT2D eigenvalue weighted by Gasteiger charge is 2.12. The molecule has 3 aromatic rings. The summed E-state index contributed by atoms with van der Waals surface area (Å²) in [6.07, 6.45) is 2.27. The van der Waals surface area contributed by atoms with E-state index in [1.807, 2.05) is 36.4 Å². The van der Waals surface area contributed by atoms with Crippen molar-refractivity contribution in [3.8, 4) is 0 Å². The topological polar surface area (TPSA) is 64.0 Å². The Labute approximate surface area is 142 Å². The summed E-state index contributed by atoms with van der Waals surface area (Å²) < 4.78 is 29.3. The standard InChI is InChI=1S/C18H21N3O2S/c1-14(2)21-13-19-17-12-16(8-9-18(17)21)20-24(22,23)11-10-15-6-4-3-5-7-15/h3-9,12-14,20H,10-11H2,1-2H3.